The molecule has 0 bridgehead atoms. The van der Waals surface area contributed by atoms with Crippen LogP contribution in [0.25, 0.3) is 0 Å². The number of hydrogen-bond acceptors (Lipinski definition) is 4. The molecule has 1 aromatic rings. The lowest BCUT2D eigenvalue weighted by molar-refractivity contribution is 0.369. The largest absolute Gasteiger partial charge is 0.496 e. The van der Waals surface area contributed by atoms with Gasteiger partial charge in [-0.2, -0.15) is 0 Å². The van der Waals surface area contributed by atoms with E-state index in [-0.39, 0.29) is 0 Å². The predicted molar refractivity (Wildman–Crippen MR) is 89.5 cm³/mol. The lowest BCUT2D eigenvalue weighted by Crippen LogP contribution is -2.35. The molecule has 6 heteroatoms. The molecule has 0 aliphatic rings. The standard InChI is InChI=1S/C16H27N3O3/c1-18(2)16(19(3)4)17-9-8-13-14(21-6)10-12(20-5)11-15(13)22-7/h10-11H,8-9H2,1-7H3. The fourth-order valence-corrected chi connectivity index (χ4v) is 2.27. The molecule has 0 saturated heterocycles. The number of methoxy groups -OCH3 is 3. The first-order chi connectivity index (χ1) is 10.4. The van der Waals surface area contributed by atoms with Gasteiger partial charge in [0.05, 0.1) is 21.3 Å². The lowest BCUT2D eigenvalue weighted by Gasteiger charge is -2.22. The van der Waals surface area contributed by atoms with Gasteiger partial charge in [0.25, 0.3) is 0 Å². The van der Waals surface area contributed by atoms with Gasteiger partial charge in [0.15, 0.2) is 5.96 Å². The van der Waals surface area contributed by atoms with E-state index in [1.54, 1.807) is 21.3 Å². The van der Waals surface area contributed by atoms with Gasteiger partial charge in [-0.3, -0.25) is 4.99 Å². The van der Waals surface area contributed by atoms with Crippen molar-refractivity contribution in [3.63, 3.8) is 0 Å². The Morgan fingerprint density at radius 2 is 1.41 bits per heavy atom. The minimum absolute atomic E-state index is 0.644. The molecule has 22 heavy (non-hydrogen) atoms. The highest BCUT2D eigenvalue weighted by atomic mass is 16.5. The van der Waals surface area contributed by atoms with Crippen LogP contribution in [0, 0.1) is 0 Å². The Morgan fingerprint density at radius 1 is 0.909 bits per heavy atom. The normalized spacial score (nSPS) is 9.95. The molecule has 0 amide bonds. The van der Waals surface area contributed by atoms with Crippen LogP contribution in [0.2, 0.25) is 0 Å². The van der Waals surface area contributed by atoms with Crippen LogP contribution in [0.4, 0.5) is 0 Å². The van der Waals surface area contributed by atoms with Gasteiger partial charge >= 0.3 is 0 Å². The van der Waals surface area contributed by atoms with Crippen LogP contribution in [0.15, 0.2) is 17.1 Å². The summed E-state index contributed by atoms with van der Waals surface area (Å²) in [6.45, 7) is 0.644. The van der Waals surface area contributed by atoms with Crippen LogP contribution < -0.4 is 14.2 Å². The summed E-state index contributed by atoms with van der Waals surface area (Å²) in [5.74, 6) is 3.14. The zero-order valence-corrected chi connectivity index (χ0v) is 14.6. The van der Waals surface area contributed by atoms with E-state index < -0.39 is 0 Å². The summed E-state index contributed by atoms with van der Waals surface area (Å²) in [5, 5.41) is 0. The van der Waals surface area contributed by atoms with Crippen LogP contribution in [0.1, 0.15) is 5.56 Å². The summed E-state index contributed by atoms with van der Waals surface area (Å²) >= 11 is 0. The van der Waals surface area contributed by atoms with Gasteiger partial charge in [0.2, 0.25) is 0 Å². The fraction of sp³-hybridized carbons (Fsp3) is 0.562. The van der Waals surface area contributed by atoms with Gasteiger partial charge in [-0.1, -0.05) is 0 Å². The second-order valence-corrected chi connectivity index (χ2v) is 5.23. The summed E-state index contributed by atoms with van der Waals surface area (Å²) in [6, 6.07) is 3.72. The Balaban J connectivity index is 3.00. The topological polar surface area (TPSA) is 46.5 Å². The molecule has 0 fully saturated rings. The monoisotopic (exact) mass is 309 g/mol. The number of hydrogen-bond donors (Lipinski definition) is 0. The van der Waals surface area contributed by atoms with Crippen molar-refractivity contribution in [1.29, 1.82) is 0 Å². The van der Waals surface area contributed by atoms with Crippen LogP contribution in [-0.2, 0) is 6.42 Å². The maximum atomic E-state index is 5.45. The Hall–Kier alpha value is -2.11. The molecule has 124 valence electrons. The van der Waals surface area contributed by atoms with Crippen molar-refractivity contribution in [3.8, 4) is 17.2 Å². The van der Waals surface area contributed by atoms with Gasteiger partial charge in [0, 0.05) is 52.4 Å². The van der Waals surface area contributed by atoms with Crippen molar-refractivity contribution in [3.05, 3.63) is 17.7 Å². The summed E-state index contributed by atoms with van der Waals surface area (Å²) < 4.78 is 16.2. The van der Waals surface area contributed by atoms with Crippen molar-refractivity contribution in [2.45, 2.75) is 6.42 Å². The van der Waals surface area contributed by atoms with Crippen molar-refractivity contribution in [2.75, 3.05) is 56.1 Å². The maximum Gasteiger partial charge on any atom is 0.195 e. The number of nitrogens with zero attached hydrogens (tertiary/aromatic N) is 3. The van der Waals surface area contributed by atoms with Crippen LogP contribution in [-0.4, -0.2) is 71.8 Å². The molecule has 0 heterocycles. The number of rotatable bonds is 6. The molecule has 1 aromatic carbocycles. The molecule has 6 nitrogen and oxygen atoms in total. The van der Waals surface area contributed by atoms with E-state index in [0.29, 0.717) is 12.3 Å². The molecule has 0 aliphatic carbocycles. The Kier molecular flexibility index (Phi) is 6.82. The molecular formula is C16H27N3O3. The van der Waals surface area contributed by atoms with Gasteiger partial charge in [-0.05, 0) is 6.42 Å². The summed E-state index contributed by atoms with van der Waals surface area (Å²) in [5.41, 5.74) is 0.992. The molecule has 0 aromatic heterocycles. The second-order valence-electron chi connectivity index (χ2n) is 5.23. The van der Waals surface area contributed by atoms with E-state index in [4.69, 9.17) is 14.2 Å². The van der Waals surface area contributed by atoms with E-state index in [2.05, 4.69) is 4.99 Å². The molecule has 0 N–H and O–H groups in total. The molecule has 0 unspecified atom stereocenters. The summed E-state index contributed by atoms with van der Waals surface area (Å²) in [7, 11) is 12.8. The minimum atomic E-state index is 0.644. The zero-order chi connectivity index (χ0) is 16.7. The van der Waals surface area contributed by atoms with Gasteiger partial charge in [0.1, 0.15) is 17.2 Å². The highest BCUT2D eigenvalue weighted by Crippen LogP contribution is 2.34. The average Bonchev–Trinajstić information content (AvgIpc) is 2.49. The summed E-state index contributed by atoms with van der Waals surface area (Å²) in [4.78, 5) is 8.61. The number of ether oxygens (including phenoxy) is 3. The molecule has 0 atom stereocenters. The number of guanidine groups is 1. The zero-order valence-electron chi connectivity index (χ0n) is 14.6. The first-order valence-corrected chi connectivity index (χ1v) is 7.12. The van der Waals surface area contributed by atoms with Gasteiger partial charge < -0.3 is 24.0 Å². The molecule has 0 aliphatic heterocycles. The highest BCUT2D eigenvalue weighted by molar-refractivity contribution is 5.79. The van der Waals surface area contributed by atoms with Crippen LogP contribution in [0.3, 0.4) is 0 Å². The molecule has 0 radical (unpaired) electrons. The lowest BCUT2D eigenvalue weighted by atomic mass is 10.1. The fourth-order valence-electron chi connectivity index (χ4n) is 2.27. The van der Waals surface area contributed by atoms with Crippen LogP contribution >= 0.6 is 0 Å². The first-order valence-electron chi connectivity index (χ1n) is 7.12. The molecular weight excluding hydrogens is 282 g/mol. The van der Waals surface area contributed by atoms with Crippen molar-refractivity contribution < 1.29 is 14.2 Å². The predicted octanol–water partition coefficient (Wildman–Crippen LogP) is 1.73. The van der Waals surface area contributed by atoms with Crippen molar-refractivity contribution in [2.24, 2.45) is 4.99 Å². The van der Waals surface area contributed by atoms with Crippen molar-refractivity contribution >= 4 is 5.96 Å². The third-order valence-electron chi connectivity index (χ3n) is 3.23. The third-order valence-corrected chi connectivity index (χ3v) is 3.23. The van der Waals surface area contributed by atoms with Gasteiger partial charge in [-0.15, -0.1) is 0 Å². The Labute approximate surface area is 133 Å². The smallest absolute Gasteiger partial charge is 0.195 e. The van der Waals surface area contributed by atoms with E-state index in [9.17, 15) is 0 Å². The van der Waals surface area contributed by atoms with Gasteiger partial charge in [-0.25, -0.2) is 0 Å². The second kappa shape index (κ2) is 8.36. The SMILES string of the molecule is COc1cc(OC)c(CCN=C(N(C)C)N(C)C)c(OC)c1. The Bertz CT molecular complexity index is 478. The van der Waals surface area contributed by atoms with E-state index in [1.165, 1.54) is 0 Å². The Morgan fingerprint density at radius 3 is 1.77 bits per heavy atom. The molecule has 0 spiro atoms. The number of aliphatic imine (C=N–C) groups is 1. The quantitative estimate of drug-likeness (QED) is 0.592. The molecule has 0 saturated carbocycles. The van der Waals surface area contributed by atoms with Crippen LogP contribution in [0.5, 0.6) is 17.2 Å². The average molecular weight is 309 g/mol. The third kappa shape index (κ3) is 4.44. The van der Waals surface area contributed by atoms with Crippen molar-refractivity contribution in [1.82, 2.24) is 9.80 Å². The highest BCUT2D eigenvalue weighted by Gasteiger charge is 2.13. The summed E-state index contributed by atoms with van der Waals surface area (Å²) in [6.07, 6.45) is 0.724. The number of benzene rings is 1. The van der Waals surface area contributed by atoms with E-state index in [0.717, 1.165) is 29.4 Å². The first kappa shape index (κ1) is 17.9. The minimum Gasteiger partial charge on any atom is -0.496 e. The molecule has 1 rings (SSSR count). The maximum absolute atomic E-state index is 5.45. The van der Waals surface area contributed by atoms with E-state index >= 15 is 0 Å². The van der Waals surface area contributed by atoms with E-state index in [1.807, 2.05) is 50.1 Å².